The zero-order valence-corrected chi connectivity index (χ0v) is 17.8. The van der Waals surface area contributed by atoms with Crippen molar-refractivity contribution in [2.45, 2.75) is 37.4 Å². The average molecular weight is 431 g/mol. The van der Waals surface area contributed by atoms with Crippen LogP contribution >= 0.6 is 0 Å². The Morgan fingerprint density at radius 1 is 1.16 bits per heavy atom. The van der Waals surface area contributed by atoms with E-state index in [-0.39, 0.29) is 12.1 Å². The summed E-state index contributed by atoms with van der Waals surface area (Å²) in [5.41, 5.74) is 1.75. The van der Waals surface area contributed by atoms with E-state index in [1.807, 2.05) is 30.3 Å². The number of hydrogen-bond acceptors (Lipinski definition) is 8. The van der Waals surface area contributed by atoms with E-state index in [0.717, 1.165) is 37.4 Å². The van der Waals surface area contributed by atoms with Crippen LogP contribution in [0.4, 0.5) is 5.69 Å². The molecule has 5 atom stereocenters. The van der Waals surface area contributed by atoms with Crippen LogP contribution in [0.3, 0.4) is 0 Å². The van der Waals surface area contributed by atoms with E-state index >= 15 is 0 Å². The van der Waals surface area contributed by atoms with Gasteiger partial charge in [0.05, 0.1) is 6.10 Å². The Morgan fingerprint density at radius 2 is 1.81 bits per heavy atom. The van der Waals surface area contributed by atoms with E-state index in [1.165, 1.54) is 6.08 Å². The minimum Gasteiger partial charge on any atom is -0.388 e. The molecule has 1 aromatic carbocycles. The number of aliphatic hydroxyl groups is 3. The van der Waals surface area contributed by atoms with Crippen molar-refractivity contribution < 1.29 is 24.9 Å². The molecule has 0 radical (unpaired) electrons. The molecule has 0 aliphatic carbocycles. The molecule has 1 amide bonds. The lowest BCUT2D eigenvalue weighted by molar-refractivity contribution is -0.215. The third-order valence-corrected chi connectivity index (χ3v) is 5.85. The quantitative estimate of drug-likeness (QED) is 0.358. The van der Waals surface area contributed by atoms with Crippen molar-refractivity contribution in [3.05, 3.63) is 35.4 Å². The number of likely N-dealkylation sites (N-methyl/N-ethyl adjacent to an activating group) is 1. The van der Waals surface area contributed by atoms with Crippen molar-refractivity contribution in [1.82, 2.24) is 10.2 Å². The van der Waals surface area contributed by atoms with Crippen LogP contribution in [0.2, 0.25) is 0 Å². The molecular weight excluding hydrogens is 400 g/mol. The number of nitrogens with zero attached hydrogens (tertiary/aromatic N) is 3. The monoisotopic (exact) mass is 430 g/mol. The molecule has 0 aromatic heterocycles. The van der Waals surface area contributed by atoms with Gasteiger partial charge in [-0.3, -0.25) is 4.79 Å². The fourth-order valence-electron chi connectivity index (χ4n) is 3.75. The van der Waals surface area contributed by atoms with E-state index in [0.29, 0.717) is 0 Å². The van der Waals surface area contributed by atoms with Gasteiger partial charge in [-0.15, -0.1) is 0 Å². The highest BCUT2D eigenvalue weighted by Crippen LogP contribution is 2.21. The number of ether oxygens (including phenoxy) is 1. The first-order valence-corrected chi connectivity index (χ1v) is 10.4. The molecule has 1 unspecified atom stereocenters. The van der Waals surface area contributed by atoms with Crippen molar-refractivity contribution in [3.63, 3.8) is 0 Å². The van der Waals surface area contributed by atoms with E-state index < -0.39 is 36.4 Å². The highest BCUT2D eigenvalue weighted by atomic mass is 16.5. The summed E-state index contributed by atoms with van der Waals surface area (Å²) in [6, 6.07) is 9.58. The second-order valence-electron chi connectivity index (χ2n) is 8.11. The van der Waals surface area contributed by atoms with E-state index in [1.54, 1.807) is 6.92 Å². The van der Waals surface area contributed by atoms with Gasteiger partial charge in [-0.2, -0.15) is 5.26 Å². The van der Waals surface area contributed by atoms with Crippen molar-refractivity contribution in [1.29, 1.82) is 5.26 Å². The molecular formula is C22H30N4O5. The number of anilines is 1. The summed E-state index contributed by atoms with van der Waals surface area (Å²) in [4.78, 5) is 17.0. The number of carbonyl (C=O) groups excluding carboxylic acids is 1. The molecule has 9 nitrogen and oxygen atoms in total. The minimum absolute atomic E-state index is 0.0775. The standard InChI is InChI=1S/C22H30N4O5/c1-14-19(27)21(29)20(28)18(31-14)13-24-22(30)16(12-23)11-15-3-5-17(6-4-15)26-9-7-25(2)8-10-26/h3-6,11,14,18-21,27-29H,7-10,13H2,1-2H3,(H,24,30)/b16-11+/t14?,18-,19+,20-,21-/m1/s1. The number of rotatable bonds is 5. The Labute approximate surface area is 182 Å². The number of benzene rings is 1. The summed E-state index contributed by atoms with van der Waals surface area (Å²) in [6.07, 6.45) is -3.99. The summed E-state index contributed by atoms with van der Waals surface area (Å²) in [6.45, 7) is 5.40. The number of nitrogens with one attached hydrogen (secondary N) is 1. The lowest BCUT2D eigenvalue weighted by Crippen LogP contribution is -2.59. The molecule has 2 aliphatic heterocycles. The normalized spacial score (nSPS) is 30.0. The number of piperazine rings is 1. The molecule has 3 rings (SSSR count). The van der Waals surface area contributed by atoms with Gasteiger partial charge in [0.2, 0.25) is 0 Å². The molecule has 31 heavy (non-hydrogen) atoms. The van der Waals surface area contributed by atoms with Crippen molar-refractivity contribution in [2.24, 2.45) is 0 Å². The molecule has 2 fully saturated rings. The molecule has 0 spiro atoms. The Balaban J connectivity index is 1.59. The maximum absolute atomic E-state index is 12.4. The molecule has 168 valence electrons. The van der Waals surface area contributed by atoms with Crippen LogP contribution in [0.5, 0.6) is 0 Å². The predicted molar refractivity (Wildman–Crippen MR) is 115 cm³/mol. The van der Waals surface area contributed by atoms with Crippen molar-refractivity contribution in [2.75, 3.05) is 44.7 Å². The van der Waals surface area contributed by atoms with Gasteiger partial charge >= 0.3 is 0 Å². The number of hydrogen-bond donors (Lipinski definition) is 4. The molecule has 1 aromatic rings. The van der Waals surface area contributed by atoms with Crippen LogP contribution in [0, 0.1) is 11.3 Å². The second kappa shape index (κ2) is 10.2. The Bertz CT molecular complexity index is 829. The van der Waals surface area contributed by atoms with Gasteiger partial charge in [0.25, 0.3) is 5.91 Å². The second-order valence-corrected chi connectivity index (χ2v) is 8.11. The molecule has 4 N–H and O–H groups in total. The van der Waals surface area contributed by atoms with E-state index in [2.05, 4.69) is 22.2 Å². The van der Waals surface area contributed by atoms with Gasteiger partial charge in [0, 0.05) is 38.4 Å². The number of nitriles is 1. The first-order chi connectivity index (χ1) is 14.8. The topological polar surface area (TPSA) is 129 Å². The van der Waals surface area contributed by atoms with Crippen LogP contribution in [0.1, 0.15) is 12.5 Å². The number of carbonyl (C=O) groups is 1. The SMILES string of the molecule is CC1O[C@H](CNC(=O)/C(C#N)=C/c2ccc(N3CCN(C)CC3)cc2)[C@@H](O)[C@H](O)[C@H]1O. The van der Waals surface area contributed by atoms with Crippen molar-refractivity contribution in [3.8, 4) is 6.07 Å². The van der Waals surface area contributed by atoms with Gasteiger partial charge in [-0.1, -0.05) is 12.1 Å². The maximum atomic E-state index is 12.4. The number of aliphatic hydroxyl groups excluding tert-OH is 3. The van der Waals surface area contributed by atoms with Crippen LogP contribution in [-0.2, 0) is 9.53 Å². The van der Waals surface area contributed by atoms with Crippen LogP contribution in [-0.4, -0.2) is 96.4 Å². The smallest absolute Gasteiger partial charge is 0.262 e. The van der Waals surface area contributed by atoms with Crippen molar-refractivity contribution >= 4 is 17.7 Å². The fourth-order valence-corrected chi connectivity index (χ4v) is 3.75. The molecule has 2 heterocycles. The van der Waals surface area contributed by atoms with Gasteiger partial charge in [-0.25, -0.2) is 0 Å². The van der Waals surface area contributed by atoms with E-state index in [9.17, 15) is 25.4 Å². The largest absolute Gasteiger partial charge is 0.388 e. The zero-order chi connectivity index (χ0) is 22.5. The Morgan fingerprint density at radius 3 is 2.42 bits per heavy atom. The summed E-state index contributed by atoms with van der Waals surface area (Å²) < 4.78 is 5.46. The van der Waals surface area contributed by atoms with Gasteiger partial charge < -0.3 is 35.2 Å². The zero-order valence-electron chi connectivity index (χ0n) is 17.8. The van der Waals surface area contributed by atoms with Gasteiger partial charge in [0.15, 0.2) is 0 Å². The van der Waals surface area contributed by atoms with Crippen LogP contribution < -0.4 is 10.2 Å². The average Bonchev–Trinajstić information content (AvgIpc) is 2.78. The summed E-state index contributed by atoms with van der Waals surface area (Å²) in [5, 5.41) is 41.6. The van der Waals surface area contributed by atoms with Crippen LogP contribution in [0.25, 0.3) is 6.08 Å². The summed E-state index contributed by atoms with van der Waals surface area (Å²) >= 11 is 0. The third-order valence-electron chi connectivity index (χ3n) is 5.85. The highest BCUT2D eigenvalue weighted by molar-refractivity contribution is 6.01. The third kappa shape index (κ3) is 5.61. The lowest BCUT2D eigenvalue weighted by atomic mass is 9.95. The lowest BCUT2D eigenvalue weighted by Gasteiger charge is -2.39. The molecule has 2 saturated heterocycles. The maximum Gasteiger partial charge on any atom is 0.262 e. The minimum atomic E-state index is -1.37. The molecule has 2 aliphatic rings. The molecule has 0 saturated carbocycles. The number of amides is 1. The van der Waals surface area contributed by atoms with Gasteiger partial charge in [0.1, 0.15) is 36.1 Å². The first-order valence-electron chi connectivity index (χ1n) is 10.4. The molecule has 9 heteroatoms. The van der Waals surface area contributed by atoms with Gasteiger partial charge in [-0.05, 0) is 37.7 Å². The predicted octanol–water partition coefficient (Wildman–Crippen LogP) is -0.668. The fraction of sp³-hybridized carbons (Fsp3) is 0.545. The summed E-state index contributed by atoms with van der Waals surface area (Å²) in [5.74, 6) is -0.602. The van der Waals surface area contributed by atoms with E-state index in [4.69, 9.17) is 4.74 Å². The van der Waals surface area contributed by atoms with Crippen LogP contribution in [0.15, 0.2) is 29.8 Å². The summed E-state index contributed by atoms with van der Waals surface area (Å²) in [7, 11) is 2.10. The molecule has 0 bridgehead atoms. The Hall–Kier alpha value is -2.48. The Kier molecular flexibility index (Phi) is 7.64. The highest BCUT2D eigenvalue weighted by Gasteiger charge is 2.41. The first kappa shape index (κ1) is 23.2.